The first-order valence-electron chi connectivity index (χ1n) is 8.13. The van der Waals surface area contributed by atoms with Crippen molar-refractivity contribution < 1.29 is 38.1 Å². The van der Waals surface area contributed by atoms with Gasteiger partial charge in [-0.05, 0) is 0 Å². The first-order valence-corrected chi connectivity index (χ1v) is 10.6. The molecule has 0 bridgehead atoms. The molecule has 10 nitrogen and oxygen atoms in total. The molecule has 0 aromatic rings. The Morgan fingerprint density at radius 2 is 1.07 bits per heavy atom. The predicted octanol–water partition coefficient (Wildman–Crippen LogP) is 1.28. The van der Waals surface area contributed by atoms with Crippen LogP contribution in [-0.4, -0.2) is 75.1 Å². The molecule has 12 heteroatoms. The molecule has 0 aliphatic carbocycles. The molecule has 0 aromatic carbocycles. The highest BCUT2D eigenvalue weighted by atomic mass is 33.1. The van der Waals surface area contributed by atoms with Gasteiger partial charge in [-0.2, -0.15) is 0 Å². The maximum Gasteiger partial charge on any atom is 0.407 e. The maximum absolute atomic E-state index is 11.3. The highest BCUT2D eigenvalue weighted by molar-refractivity contribution is 8.76. The van der Waals surface area contributed by atoms with Gasteiger partial charge in [0.2, 0.25) is 0 Å². The lowest BCUT2D eigenvalue weighted by atomic mass is 10.6. The average molecular weight is 437 g/mol. The van der Waals surface area contributed by atoms with Crippen molar-refractivity contribution in [3.63, 3.8) is 0 Å². The number of nitrogens with one attached hydrogen (secondary N) is 2. The lowest BCUT2D eigenvalue weighted by Crippen LogP contribution is -2.29. The topological polar surface area (TPSA) is 129 Å². The van der Waals surface area contributed by atoms with E-state index in [9.17, 15) is 19.2 Å². The molecule has 2 amide bonds. The Morgan fingerprint density at radius 1 is 0.679 bits per heavy atom. The molecule has 28 heavy (non-hydrogen) atoms. The second kappa shape index (κ2) is 18.0. The quantitative estimate of drug-likeness (QED) is 0.127. The minimum atomic E-state index is -0.598. The molecule has 0 spiro atoms. The molecule has 2 N–H and O–H groups in total. The van der Waals surface area contributed by atoms with Gasteiger partial charge in [0.25, 0.3) is 0 Å². The van der Waals surface area contributed by atoms with Crippen molar-refractivity contribution in [2.75, 3.05) is 51.0 Å². The van der Waals surface area contributed by atoms with Crippen LogP contribution in [0.15, 0.2) is 25.3 Å². The molecule has 0 saturated carbocycles. The molecule has 0 fully saturated rings. The van der Waals surface area contributed by atoms with Gasteiger partial charge >= 0.3 is 24.1 Å². The van der Waals surface area contributed by atoms with Gasteiger partial charge < -0.3 is 29.6 Å². The zero-order valence-corrected chi connectivity index (χ0v) is 16.9. The van der Waals surface area contributed by atoms with Crippen molar-refractivity contribution in [1.82, 2.24) is 10.6 Å². The van der Waals surface area contributed by atoms with Gasteiger partial charge in [0.15, 0.2) is 0 Å². The van der Waals surface area contributed by atoms with Crippen LogP contribution in [0.4, 0.5) is 9.59 Å². The van der Waals surface area contributed by atoms with E-state index in [0.717, 1.165) is 12.2 Å². The molecule has 0 aliphatic rings. The lowest BCUT2D eigenvalue weighted by molar-refractivity contribution is -0.138. The number of amides is 2. The van der Waals surface area contributed by atoms with Gasteiger partial charge in [0, 0.05) is 23.7 Å². The van der Waals surface area contributed by atoms with Crippen LogP contribution in [0.3, 0.4) is 0 Å². The largest absolute Gasteiger partial charge is 0.461 e. The first kappa shape index (κ1) is 25.7. The third-order valence-corrected chi connectivity index (χ3v) is 4.78. The monoisotopic (exact) mass is 436 g/mol. The fourth-order valence-electron chi connectivity index (χ4n) is 1.28. The molecule has 0 saturated heterocycles. The van der Waals surface area contributed by atoms with Crippen molar-refractivity contribution in [2.45, 2.75) is 0 Å². The van der Waals surface area contributed by atoms with Crippen LogP contribution >= 0.6 is 21.6 Å². The summed E-state index contributed by atoms with van der Waals surface area (Å²) in [5.41, 5.74) is 0. The minimum Gasteiger partial charge on any atom is -0.461 e. The van der Waals surface area contributed by atoms with Crippen LogP contribution in [0.2, 0.25) is 0 Å². The zero-order valence-electron chi connectivity index (χ0n) is 15.3. The second-order valence-electron chi connectivity index (χ2n) is 4.51. The SMILES string of the molecule is C=CC(=O)OCCNC(=O)OCCSSCCOC(=O)NCCOC(=O)C=C. The Kier molecular flexibility index (Phi) is 16.5. The summed E-state index contributed by atoms with van der Waals surface area (Å²) in [6, 6.07) is 0. The van der Waals surface area contributed by atoms with Gasteiger partial charge in [0.05, 0.1) is 13.1 Å². The summed E-state index contributed by atoms with van der Waals surface area (Å²) in [6.07, 6.45) is 0.876. The Morgan fingerprint density at radius 3 is 1.43 bits per heavy atom. The number of esters is 2. The molecule has 0 heterocycles. The smallest absolute Gasteiger partial charge is 0.407 e. The standard InChI is InChI=1S/C16H24N2O8S2/c1-3-13(19)23-7-5-17-15(21)25-9-11-27-28-12-10-26-16(22)18-6-8-24-14(20)4-2/h3-4H,1-2,5-12H2,(H,17,21)(H,18,22). The number of hydrogen-bond acceptors (Lipinski definition) is 10. The zero-order chi connectivity index (χ0) is 21.0. The third kappa shape index (κ3) is 17.1. The van der Waals surface area contributed by atoms with E-state index in [4.69, 9.17) is 9.47 Å². The van der Waals surface area contributed by atoms with Gasteiger partial charge in [0.1, 0.15) is 26.4 Å². The van der Waals surface area contributed by atoms with Crippen molar-refractivity contribution >= 4 is 45.7 Å². The van der Waals surface area contributed by atoms with E-state index < -0.39 is 24.1 Å². The number of ether oxygens (including phenoxy) is 4. The van der Waals surface area contributed by atoms with Crippen LogP contribution in [0.25, 0.3) is 0 Å². The summed E-state index contributed by atoms with van der Waals surface area (Å²) < 4.78 is 19.2. The van der Waals surface area contributed by atoms with Gasteiger partial charge in [-0.1, -0.05) is 34.7 Å². The van der Waals surface area contributed by atoms with Gasteiger partial charge in [-0.15, -0.1) is 0 Å². The van der Waals surface area contributed by atoms with E-state index in [2.05, 4.69) is 33.3 Å². The average Bonchev–Trinajstić information content (AvgIpc) is 2.69. The molecule has 0 aliphatic heterocycles. The molecule has 0 atom stereocenters. The minimum absolute atomic E-state index is 0.0398. The summed E-state index contributed by atoms with van der Waals surface area (Å²) in [5, 5.41) is 4.86. The number of rotatable bonds is 15. The summed E-state index contributed by atoms with van der Waals surface area (Å²) in [5.74, 6) is 0.00703. The Balaban J connectivity index is 3.38. The molecule has 0 unspecified atom stereocenters. The normalized spacial score (nSPS) is 9.57. The molecule has 0 aromatic heterocycles. The van der Waals surface area contributed by atoms with E-state index >= 15 is 0 Å². The van der Waals surface area contributed by atoms with E-state index in [-0.39, 0.29) is 39.5 Å². The second-order valence-corrected chi connectivity index (χ2v) is 7.21. The van der Waals surface area contributed by atoms with E-state index in [1.54, 1.807) is 0 Å². The van der Waals surface area contributed by atoms with Crippen LogP contribution in [0.5, 0.6) is 0 Å². The van der Waals surface area contributed by atoms with E-state index in [0.29, 0.717) is 11.5 Å². The number of carbonyl (C=O) groups is 4. The summed E-state index contributed by atoms with van der Waals surface area (Å²) >= 11 is 0. The highest BCUT2D eigenvalue weighted by Crippen LogP contribution is 2.20. The number of alkyl carbamates (subject to hydrolysis) is 2. The van der Waals surface area contributed by atoms with Gasteiger partial charge in [-0.3, -0.25) is 0 Å². The van der Waals surface area contributed by atoms with Crippen molar-refractivity contribution in [2.24, 2.45) is 0 Å². The molecule has 158 valence electrons. The number of carbonyl (C=O) groups excluding carboxylic acids is 4. The third-order valence-electron chi connectivity index (χ3n) is 2.45. The highest BCUT2D eigenvalue weighted by Gasteiger charge is 2.04. The van der Waals surface area contributed by atoms with Crippen LogP contribution < -0.4 is 10.6 Å². The fraction of sp³-hybridized carbons (Fsp3) is 0.500. The summed E-state index contributed by atoms with van der Waals surface area (Å²) in [7, 11) is 2.92. The van der Waals surface area contributed by atoms with Crippen LogP contribution in [-0.2, 0) is 28.5 Å². The molecular formula is C16H24N2O8S2. The van der Waals surface area contributed by atoms with Crippen molar-refractivity contribution in [3.8, 4) is 0 Å². The van der Waals surface area contributed by atoms with E-state index in [1.165, 1.54) is 21.6 Å². The molecule has 0 radical (unpaired) electrons. The lowest BCUT2D eigenvalue weighted by Gasteiger charge is -2.08. The van der Waals surface area contributed by atoms with Crippen molar-refractivity contribution in [1.29, 1.82) is 0 Å². The molecule has 0 rings (SSSR count). The number of hydrogen-bond donors (Lipinski definition) is 2. The predicted molar refractivity (Wildman–Crippen MR) is 106 cm³/mol. The van der Waals surface area contributed by atoms with E-state index in [1.807, 2.05) is 0 Å². The molecular weight excluding hydrogens is 412 g/mol. The summed E-state index contributed by atoms with van der Waals surface area (Å²) in [6.45, 7) is 7.29. The van der Waals surface area contributed by atoms with Crippen molar-refractivity contribution in [3.05, 3.63) is 25.3 Å². The summed E-state index contributed by atoms with van der Waals surface area (Å²) in [4.78, 5) is 44.2. The first-order chi connectivity index (χ1) is 13.5. The Hall–Kier alpha value is -2.34. The van der Waals surface area contributed by atoms with Crippen LogP contribution in [0.1, 0.15) is 0 Å². The van der Waals surface area contributed by atoms with Crippen LogP contribution in [0, 0.1) is 0 Å². The van der Waals surface area contributed by atoms with Gasteiger partial charge in [-0.25, -0.2) is 19.2 Å². The Bertz CT molecular complexity index is 485. The Labute approximate surface area is 171 Å². The fourth-order valence-corrected chi connectivity index (χ4v) is 2.94. The maximum atomic E-state index is 11.3.